The topological polar surface area (TPSA) is 67.4 Å². The minimum absolute atomic E-state index is 0.0601. The van der Waals surface area contributed by atoms with Crippen molar-refractivity contribution in [3.8, 4) is 0 Å². The fourth-order valence-corrected chi connectivity index (χ4v) is 3.44. The van der Waals surface area contributed by atoms with Gasteiger partial charge < -0.3 is 15.4 Å². The second-order valence-electron chi connectivity index (χ2n) is 6.73. The van der Waals surface area contributed by atoms with Gasteiger partial charge in [-0.1, -0.05) is 31.7 Å². The quantitative estimate of drug-likeness (QED) is 0.833. The van der Waals surface area contributed by atoms with Crippen LogP contribution < -0.4 is 10.6 Å². The molecule has 130 valence electrons. The van der Waals surface area contributed by atoms with Gasteiger partial charge in [0.15, 0.2) is 0 Å². The van der Waals surface area contributed by atoms with Crippen LogP contribution in [-0.2, 0) is 9.53 Å². The highest BCUT2D eigenvalue weighted by atomic mass is 16.5. The van der Waals surface area contributed by atoms with Crippen molar-refractivity contribution in [3.05, 3.63) is 29.8 Å². The van der Waals surface area contributed by atoms with E-state index >= 15 is 0 Å². The Labute approximate surface area is 143 Å². The minimum Gasteiger partial charge on any atom is -0.368 e. The maximum absolute atomic E-state index is 12.5. The van der Waals surface area contributed by atoms with Crippen LogP contribution in [0.1, 0.15) is 61.7 Å². The number of ether oxygens (including phenoxy) is 1. The lowest BCUT2D eigenvalue weighted by Gasteiger charge is -2.17. The summed E-state index contributed by atoms with van der Waals surface area (Å²) in [5, 5.41) is 5.98. The summed E-state index contributed by atoms with van der Waals surface area (Å²) in [7, 11) is 0. The third-order valence-corrected chi connectivity index (χ3v) is 4.80. The molecule has 3 rings (SSSR count). The van der Waals surface area contributed by atoms with Crippen LogP contribution in [0.15, 0.2) is 24.3 Å². The molecule has 5 nitrogen and oxygen atoms in total. The normalized spacial score (nSPS) is 21.9. The van der Waals surface area contributed by atoms with E-state index < -0.39 is 0 Å². The first-order valence-corrected chi connectivity index (χ1v) is 9.06. The molecule has 2 N–H and O–H groups in total. The fourth-order valence-electron chi connectivity index (χ4n) is 3.44. The summed E-state index contributed by atoms with van der Waals surface area (Å²) in [6, 6.07) is 7.39. The number of anilines is 1. The van der Waals surface area contributed by atoms with E-state index in [9.17, 15) is 9.59 Å². The molecule has 1 aromatic rings. The van der Waals surface area contributed by atoms with Crippen molar-refractivity contribution < 1.29 is 14.3 Å². The van der Waals surface area contributed by atoms with Crippen LogP contribution in [0.5, 0.6) is 0 Å². The Hall–Kier alpha value is -1.88. The highest BCUT2D eigenvalue weighted by molar-refractivity contribution is 5.98. The average Bonchev–Trinajstić information content (AvgIpc) is 3.01. The summed E-state index contributed by atoms with van der Waals surface area (Å²) >= 11 is 0. The average molecular weight is 330 g/mol. The van der Waals surface area contributed by atoms with Crippen LogP contribution in [-0.4, -0.2) is 30.6 Å². The molecule has 1 heterocycles. The number of rotatable bonds is 4. The highest BCUT2D eigenvalue weighted by Crippen LogP contribution is 2.19. The summed E-state index contributed by atoms with van der Waals surface area (Å²) in [4.78, 5) is 24.6. The molecule has 0 aromatic heterocycles. The molecule has 1 unspecified atom stereocenters. The molecule has 1 atom stereocenters. The first-order chi connectivity index (χ1) is 11.7. The van der Waals surface area contributed by atoms with E-state index in [0.717, 1.165) is 25.7 Å². The number of amides is 2. The number of carbonyl (C=O) groups is 2. The molecule has 2 fully saturated rings. The predicted molar refractivity (Wildman–Crippen MR) is 93.0 cm³/mol. The first-order valence-electron chi connectivity index (χ1n) is 9.06. The Morgan fingerprint density at radius 3 is 2.50 bits per heavy atom. The van der Waals surface area contributed by atoms with E-state index in [4.69, 9.17) is 4.74 Å². The van der Waals surface area contributed by atoms with Gasteiger partial charge in [0.1, 0.15) is 6.10 Å². The molecule has 0 radical (unpaired) electrons. The Balaban J connectivity index is 1.59. The number of hydrogen-bond donors (Lipinski definition) is 2. The molecule has 2 amide bonds. The van der Waals surface area contributed by atoms with E-state index in [1.165, 1.54) is 25.7 Å². The number of benzene rings is 1. The van der Waals surface area contributed by atoms with Crippen LogP contribution in [0.25, 0.3) is 0 Å². The van der Waals surface area contributed by atoms with Gasteiger partial charge in [0, 0.05) is 23.9 Å². The van der Waals surface area contributed by atoms with Crippen LogP contribution in [0.4, 0.5) is 5.69 Å². The molecule has 1 aromatic carbocycles. The molecular formula is C19H26N2O3. The predicted octanol–water partition coefficient (Wildman–Crippen LogP) is 3.26. The van der Waals surface area contributed by atoms with Crippen LogP contribution >= 0.6 is 0 Å². The minimum atomic E-state index is -0.367. The van der Waals surface area contributed by atoms with Crippen LogP contribution in [0.2, 0.25) is 0 Å². The van der Waals surface area contributed by atoms with Crippen molar-refractivity contribution in [3.63, 3.8) is 0 Å². The van der Waals surface area contributed by atoms with E-state index in [1.54, 1.807) is 24.3 Å². The Kier molecular flexibility index (Phi) is 5.86. The van der Waals surface area contributed by atoms with Gasteiger partial charge in [0.2, 0.25) is 0 Å². The summed E-state index contributed by atoms with van der Waals surface area (Å²) in [6.45, 7) is 0.641. The van der Waals surface area contributed by atoms with E-state index in [0.29, 0.717) is 17.9 Å². The van der Waals surface area contributed by atoms with Crippen LogP contribution in [0.3, 0.4) is 0 Å². The summed E-state index contributed by atoms with van der Waals surface area (Å²) in [6.07, 6.45) is 8.31. The molecular weight excluding hydrogens is 304 g/mol. The summed E-state index contributed by atoms with van der Waals surface area (Å²) in [5.74, 6) is -0.191. The lowest BCUT2D eigenvalue weighted by molar-refractivity contribution is -0.124. The molecule has 5 heteroatoms. The number of carbonyl (C=O) groups excluding carboxylic acids is 2. The third kappa shape index (κ3) is 4.57. The van der Waals surface area contributed by atoms with E-state index in [2.05, 4.69) is 10.6 Å². The molecule has 0 bridgehead atoms. The first kappa shape index (κ1) is 17.0. The van der Waals surface area contributed by atoms with Crippen molar-refractivity contribution >= 4 is 17.5 Å². The molecule has 1 aliphatic carbocycles. The van der Waals surface area contributed by atoms with Gasteiger partial charge >= 0.3 is 0 Å². The zero-order valence-corrected chi connectivity index (χ0v) is 14.1. The van der Waals surface area contributed by atoms with Crippen LogP contribution in [0, 0.1) is 0 Å². The molecule has 1 saturated heterocycles. The Morgan fingerprint density at radius 1 is 1.00 bits per heavy atom. The third-order valence-electron chi connectivity index (χ3n) is 4.80. The maximum atomic E-state index is 12.5. The van der Waals surface area contributed by atoms with Gasteiger partial charge in [-0.05, 0) is 43.9 Å². The Bertz CT molecular complexity index is 574. The second-order valence-corrected chi connectivity index (χ2v) is 6.73. The molecule has 0 spiro atoms. The molecule has 24 heavy (non-hydrogen) atoms. The van der Waals surface area contributed by atoms with Gasteiger partial charge in [-0.3, -0.25) is 9.59 Å². The summed E-state index contributed by atoms with van der Waals surface area (Å²) < 4.78 is 5.39. The van der Waals surface area contributed by atoms with Gasteiger partial charge in [-0.2, -0.15) is 0 Å². The van der Waals surface area contributed by atoms with Crippen molar-refractivity contribution in [1.82, 2.24) is 5.32 Å². The standard InChI is InChI=1S/C19H26N2O3/c22-18(20-15-8-3-1-2-4-9-15)14-7-5-10-16(13-14)21-19(23)17-11-6-12-24-17/h5,7,10,13,15,17H,1-4,6,8-9,11-12H2,(H,20,22)(H,21,23). The SMILES string of the molecule is O=C(NC1CCCCCC1)c1cccc(NC(=O)C2CCCO2)c1. The molecule has 2 aliphatic rings. The monoisotopic (exact) mass is 330 g/mol. The lowest BCUT2D eigenvalue weighted by atomic mass is 10.1. The van der Waals surface area contributed by atoms with Crippen molar-refractivity contribution in [1.29, 1.82) is 0 Å². The molecule has 1 aliphatic heterocycles. The van der Waals surface area contributed by atoms with Crippen molar-refractivity contribution in [2.24, 2.45) is 0 Å². The smallest absolute Gasteiger partial charge is 0.253 e. The zero-order chi connectivity index (χ0) is 16.8. The Morgan fingerprint density at radius 2 is 1.79 bits per heavy atom. The molecule has 1 saturated carbocycles. The van der Waals surface area contributed by atoms with Crippen molar-refractivity contribution in [2.45, 2.75) is 63.5 Å². The fraction of sp³-hybridized carbons (Fsp3) is 0.579. The highest BCUT2D eigenvalue weighted by Gasteiger charge is 2.23. The van der Waals surface area contributed by atoms with Gasteiger partial charge in [-0.15, -0.1) is 0 Å². The lowest BCUT2D eigenvalue weighted by Crippen LogP contribution is -2.34. The largest absolute Gasteiger partial charge is 0.368 e. The second kappa shape index (κ2) is 8.29. The van der Waals surface area contributed by atoms with Gasteiger partial charge in [-0.25, -0.2) is 0 Å². The zero-order valence-electron chi connectivity index (χ0n) is 14.1. The van der Waals surface area contributed by atoms with E-state index in [1.807, 2.05) is 0 Å². The van der Waals surface area contributed by atoms with Gasteiger partial charge in [0.25, 0.3) is 11.8 Å². The van der Waals surface area contributed by atoms with Crippen molar-refractivity contribution in [2.75, 3.05) is 11.9 Å². The van der Waals surface area contributed by atoms with E-state index in [-0.39, 0.29) is 24.0 Å². The van der Waals surface area contributed by atoms with Gasteiger partial charge in [0.05, 0.1) is 0 Å². The maximum Gasteiger partial charge on any atom is 0.253 e. The summed E-state index contributed by atoms with van der Waals surface area (Å²) in [5.41, 5.74) is 1.23. The number of hydrogen-bond acceptors (Lipinski definition) is 3. The number of nitrogens with one attached hydrogen (secondary N) is 2.